The molecule has 1 aliphatic rings. The van der Waals surface area contributed by atoms with E-state index in [0.717, 1.165) is 35.0 Å². The van der Waals surface area contributed by atoms with E-state index in [2.05, 4.69) is 14.3 Å². The van der Waals surface area contributed by atoms with Crippen molar-refractivity contribution < 1.29 is 13.2 Å². The lowest BCUT2D eigenvalue weighted by Gasteiger charge is -2.12. The summed E-state index contributed by atoms with van der Waals surface area (Å²) < 4.78 is 35.0. The number of hydrogen-bond acceptors (Lipinski definition) is 5. The van der Waals surface area contributed by atoms with Crippen LogP contribution in [0.2, 0.25) is 5.02 Å². The Labute approximate surface area is 203 Å². The molecule has 7 nitrogen and oxygen atoms in total. The molecule has 176 valence electrons. The van der Waals surface area contributed by atoms with E-state index in [4.69, 9.17) is 22.1 Å². The monoisotopic (exact) mass is 496 g/mol. The number of hydrogen-bond donors (Lipinski definition) is 2. The van der Waals surface area contributed by atoms with Gasteiger partial charge in [0, 0.05) is 34.9 Å². The lowest BCUT2D eigenvalue weighted by atomic mass is 10.1. The maximum atomic E-state index is 12.1. The molecule has 0 aliphatic heterocycles. The molecule has 2 aromatic carbocycles. The number of halogens is 1. The zero-order valence-electron chi connectivity index (χ0n) is 18.7. The van der Waals surface area contributed by atoms with Gasteiger partial charge in [-0.25, -0.2) is 13.4 Å². The van der Waals surface area contributed by atoms with Crippen LogP contribution in [0, 0.1) is 0 Å². The van der Waals surface area contributed by atoms with Crippen molar-refractivity contribution >= 4 is 43.9 Å². The molecule has 0 unspecified atom stereocenters. The lowest BCUT2D eigenvalue weighted by Crippen LogP contribution is -2.15. The van der Waals surface area contributed by atoms with Gasteiger partial charge >= 0.3 is 0 Å². The number of sulfonamides is 1. The Kier molecular flexibility index (Phi) is 5.87. The number of nitrogens with two attached hydrogens (primary N) is 1. The summed E-state index contributed by atoms with van der Waals surface area (Å²) in [4.78, 5) is 4.20. The van der Waals surface area contributed by atoms with Crippen molar-refractivity contribution in [3.05, 3.63) is 65.8 Å². The molecule has 0 amide bonds. The summed E-state index contributed by atoms with van der Waals surface area (Å²) in [6.45, 7) is 1.84. The number of nitrogens with zero attached hydrogens (tertiary/aromatic N) is 2. The highest BCUT2D eigenvalue weighted by Gasteiger charge is 2.30. The third-order valence-corrected chi connectivity index (χ3v) is 7.55. The van der Waals surface area contributed by atoms with Gasteiger partial charge in [-0.1, -0.05) is 30.7 Å². The molecule has 9 heteroatoms. The molecular weight excluding hydrogens is 472 g/mol. The first-order chi connectivity index (χ1) is 16.4. The van der Waals surface area contributed by atoms with Crippen molar-refractivity contribution in [1.82, 2.24) is 9.55 Å². The zero-order valence-corrected chi connectivity index (χ0v) is 20.2. The van der Waals surface area contributed by atoms with Crippen molar-refractivity contribution in [3.63, 3.8) is 0 Å². The normalized spacial score (nSPS) is 13.8. The van der Waals surface area contributed by atoms with Gasteiger partial charge in [0.05, 0.1) is 22.7 Å². The highest BCUT2D eigenvalue weighted by atomic mass is 35.5. The fourth-order valence-corrected chi connectivity index (χ4v) is 5.43. The summed E-state index contributed by atoms with van der Waals surface area (Å²) in [5.41, 5.74) is 10.7. The average molecular weight is 497 g/mol. The zero-order chi connectivity index (χ0) is 23.9. The van der Waals surface area contributed by atoms with Crippen LogP contribution in [0.3, 0.4) is 0 Å². The van der Waals surface area contributed by atoms with Crippen LogP contribution in [0.15, 0.2) is 60.8 Å². The molecule has 0 atom stereocenters. The summed E-state index contributed by atoms with van der Waals surface area (Å²) in [6.07, 6.45) is 4.34. The number of pyridine rings is 1. The van der Waals surface area contributed by atoms with Gasteiger partial charge in [0.1, 0.15) is 10.8 Å². The number of nitrogen functional groups attached to an aromatic ring is 1. The Hall–Kier alpha value is -3.23. The van der Waals surface area contributed by atoms with Crippen molar-refractivity contribution in [2.24, 2.45) is 0 Å². The smallest absolute Gasteiger partial charge is 0.238 e. The van der Waals surface area contributed by atoms with Crippen LogP contribution in [0.1, 0.15) is 32.2 Å². The van der Waals surface area contributed by atoms with Gasteiger partial charge < -0.3 is 15.0 Å². The second-order valence-corrected chi connectivity index (χ2v) is 10.7. The van der Waals surface area contributed by atoms with Gasteiger partial charge in [-0.3, -0.25) is 4.72 Å². The van der Waals surface area contributed by atoms with Crippen molar-refractivity contribution in [2.45, 2.75) is 32.2 Å². The lowest BCUT2D eigenvalue weighted by molar-refractivity contribution is 0.463. The van der Waals surface area contributed by atoms with Crippen LogP contribution < -0.4 is 15.2 Å². The summed E-state index contributed by atoms with van der Waals surface area (Å²) >= 11 is 6.21. The molecule has 1 fully saturated rings. The molecule has 1 aliphatic carbocycles. The molecule has 2 heterocycles. The number of anilines is 2. The Balaban J connectivity index is 1.53. The van der Waals surface area contributed by atoms with Crippen LogP contribution in [0.25, 0.3) is 22.2 Å². The molecule has 0 saturated heterocycles. The molecule has 5 rings (SSSR count). The fourth-order valence-electron chi connectivity index (χ4n) is 4.14. The Bertz CT molecular complexity index is 1460. The first kappa shape index (κ1) is 22.6. The van der Waals surface area contributed by atoms with E-state index in [1.165, 1.54) is 0 Å². The van der Waals surface area contributed by atoms with Gasteiger partial charge in [-0.15, -0.1) is 0 Å². The largest absolute Gasteiger partial charge is 0.437 e. The molecule has 1 saturated carbocycles. The SMILES string of the molecule is CCCS(=O)(=O)Nc1ccc(-c2c(N)c3ccc(Oc4ncccc4Cl)cc3n2C2CC2)cc1. The topological polar surface area (TPSA) is 99.2 Å². The maximum Gasteiger partial charge on any atom is 0.238 e. The number of rotatable bonds is 8. The van der Waals surface area contributed by atoms with E-state index >= 15 is 0 Å². The molecule has 0 bridgehead atoms. The molecule has 0 spiro atoms. The number of aromatic nitrogens is 2. The second-order valence-electron chi connectivity index (χ2n) is 8.43. The van der Waals surface area contributed by atoms with Gasteiger partial charge in [-0.2, -0.15) is 0 Å². The summed E-state index contributed by atoms with van der Waals surface area (Å²) in [6, 6.07) is 17.0. The highest BCUT2D eigenvalue weighted by molar-refractivity contribution is 7.92. The molecular formula is C25H25ClN4O3S. The fraction of sp³-hybridized carbons (Fsp3) is 0.240. The number of nitrogens with one attached hydrogen (secondary N) is 1. The number of benzene rings is 2. The Morgan fingerprint density at radius 3 is 2.62 bits per heavy atom. The minimum absolute atomic E-state index is 0.0890. The molecule has 2 aromatic heterocycles. The van der Waals surface area contributed by atoms with E-state index in [1.807, 2.05) is 37.3 Å². The van der Waals surface area contributed by atoms with Gasteiger partial charge in [0.2, 0.25) is 15.9 Å². The van der Waals surface area contributed by atoms with Crippen LogP contribution in [-0.2, 0) is 10.0 Å². The minimum Gasteiger partial charge on any atom is -0.437 e. The molecule has 3 N–H and O–H groups in total. The van der Waals surface area contributed by atoms with E-state index < -0.39 is 10.0 Å². The van der Waals surface area contributed by atoms with Gasteiger partial charge in [0.25, 0.3) is 0 Å². The van der Waals surface area contributed by atoms with E-state index in [9.17, 15) is 8.42 Å². The van der Waals surface area contributed by atoms with E-state index in [-0.39, 0.29) is 5.75 Å². The van der Waals surface area contributed by atoms with Crippen LogP contribution >= 0.6 is 11.6 Å². The molecule has 4 aromatic rings. The van der Waals surface area contributed by atoms with E-state index in [0.29, 0.717) is 40.5 Å². The molecule has 0 radical (unpaired) electrons. The highest BCUT2D eigenvalue weighted by Crippen LogP contribution is 2.47. The standard InChI is InChI=1S/C25H25ClN4O3S/c1-2-14-34(31,32)29-17-7-5-16(6-8-17)24-23(27)20-12-11-19(15-22(20)30(24)18-9-10-18)33-25-21(26)4-3-13-28-25/h3-8,11-13,15,18,29H,2,9-10,14,27H2,1H3. The number of ether oxygens (including phenoxy) is 1. The summed E-state index contributed by atoms with van der Waals surface area (Å²) in [7, 11) is -3.34. The average Bonchev–Trinajstić information content (AvgIpc) is 3.60. The quantitative estimate of drug-likeness (QED) is 0.302. The Morgan fingerprint density at radius 2 is 1.94 bits per heavy atom. The van der Waals surface area contributed by atoms with Crippen molar-refractivity contribution in [2.75, 3.05) is 16.2 Å². The first-order valence-electron chi connectivity index (χ1n) is 11.2. The van der Waals surface area contributed by atoms with Crippen LogP contribution in [0.4, 0.5) is 11.4 Å². The van der Waals surface area contributed by atoms with Crippen molar-refractivity contribution in [1.29, 1.82) is 0 Å². The van der Waals surface area contributed by atoms with Crippen LogP contribution in [-0.4, -0.2) is 23.7 Å². The van der Waals surface area contributed by atoms with Crippen molar-refractivity contribution in [3.8, 4) is 22.9 Å². The van der Waals surface area contributed by atoms with Crippen LogP contribution in [0.5, 0.6) is 11.6 Å². The Morgan fingerprint density at radius 1 is 1.18 bits per heavy atom. The predicted octanol–water partition coefficient (Wildman–Crippen LogP) is 6.22. The third-order valence-electron chi connectivity index (χ3n) is 5.77. The van der Waals surface area contributed by atoms with Gasteiger partial charge in [0.15, 0.2) is 0 Å². The minimum atomic E-state index is -3.34. The second kappa shape index (κ2) is 8.85. The summed E-state index contributed by atoms with van der Waals surface area (Å²) in [5.74, 6) is 1.06. The van der Waals surface area contributed by atoms with E-state index in [1.54, 1.807) is 30.5 Å². The number of fused-ring (bicyclic) bond motifs is 1. The summed E-state index contributed by atoms with van der Waals surface area (Å²) in [5, 5.41) is 1.38. The predicted molar refractivity (Wildman–Crippen MR) is 137 cm³/mol. The van der Waals surface area contributed by atoms with Gasteiger partial charge in [-0.05, 0) is 55.7 Å². The maximum absolute atomic E-state index is 12.1. The first-order valence-corrected chi connectivity index (χ1v) is 13.2. The molecule has 34 heavy (non-hydrogen) atoms. The third kappa shape index (κ3) is 4.43.